The van der Waals surface area contributed by atoms with Crippen LogP contribution in [0.4, 0.5) is 10.5 Å². The van der Waals surface area contributed by atoms with Gasteiger partial charge in [-0.2, -0.15) is 0 Å². The standard InChI is InChI=1S/C27H29ClN4O3/c28-24-18-22(10-11-25(24)35-19-23-8-4-5-15-29-23)31-27(34)32-16-13-21(14-17-32)30-26(33)12-9-20-6-2-1-3-7-20/h1-8,10-11,15,18,21H,9,12-14,16-17,19H2,(H,30,33)(H,31,34). The number of anilines is 1. The van der Waals surface area contributed by atoms with E-state index in [1.54, 1.807) is 29.3 Å². The van der Waals surface area contributed by atoms with Gasteiger partial charge < -0.3 is 20.3 Å². The molecule has 182 valence electrons. The van der Waals surface area contributed by atoms with Gasteiger partial charge in [-0.05, 0) is 55.2 Å². The van der Waals surface area contributed by atoms with Crippen LogP contribution in [0, 0.1) is 0 Å². The highest BCUT2D eigenvalue weighted by atomic mass is 35.5. The number of aromatic nitrogens is 1. The van der Waals surface area contributed by atoms with Crippen LogP contribution in [0.25, 0.3) is 0 Å². The maximum Gasteiger partial charge on any atom is 0.321 e. The minimum absolute atomic E-state index is 0.0525. The summed E-state index contributed by atoms with van der Waals surface area (Å²) in [6.07, 6.45) is 4.36. The predicted octanol–water partition coefficient (Wildman–Crippen LogP) is 5.06. The summed E-state index contributed by atoms with van der Waals surface area (Å²) in [5, 5.41) is 6.41. The van der Waals surface area contributed by atoms with Gasteiger partial charge in [-0.15, -0.1) is 0 Å². The maximum atomic E-state index is 12.7. The molecule has 4 rings (SSSR count). The summed E-state index contributed by atoms with van der Waals surface area (Å²) in [7, 11) is 0. The predicted molar refractivity (Wildman–Crippen MR) is 137 cm³/mol. The summed E-state index contributed by atoms with van der Waals surface area (Å²) in [4.78, 5) is 31.0. The molecule has 0 saturated carbocycles. The Morgan fingerprint density at radius 3 is 2.51 bits per heavy atom. The molecule has 0 aliphatic carbocycles. The fraction of sp³-hybridized carbons (Fsp3) is 0.296. The molecule has 7 nitrogen and oxygen atoms in total. The smallest absolute Gasteiger partial charge is 0.321 e. The van der Waals surface area contributed by atoms with E-state index in [1.165, 1.54) is 0 Å². The lowest BCUT2D eigenvalue weighted by atomic mass is 10.0. The Labute approximate surface area is 210 Å². The third-order valence-electron chi connectivity index (χ3n) is 5.92. The number of carbonyl (C=O) groups excluding carboxylic acids is 2. The van der Waals surface area contributed by atoms with Crippen LogP contribution in [0.3, 0.4) is 0 Å². The van der Waals surface area contributed by atoms with Crippen molar-refractivity contribution >= 4 is 29.2 Å². The van der Waals surface area contributed by atoms with Crippen LogP contribution >= 0.6 is 11.6 Å². The van der Waals surface area contributed by atoms with E-state index in [1.807, 2.05) is 48.5 Å². The van der Waals surface area contributed by atoms with E-state index in [9.17, 15) is 9.59 Å². The number of nitrogens with one attached hydrogen (secondary N) is 2. The van der Waals surface area contributed by atoms with Crippen LogP contribution in [0.1, 0.15) is 30.5 Å². The SMILES string of the molecule is O=C(CCc1ccccc1)NC1CCN(C(=O)Nc2ccc(OCc3ccccn3)c(Cl)c2)CC1. The molecule has 1 aliphatic rings. The van der Waals surface area contributed by atoms with Crippen LogP contribution in [-0.2, 0) is 17.8 Å². The minimum atomic E-state index is -0.183. The Morgan fingerprint density at radius 1 is 1.03 bits per heavy atom. The van der Waals surface area contributed by atoms with Crippen molar-refractivity contribution in [1.82, 2.24) is 15.2 Å². The van der Waals surface area contributed by atoms with Gasteiger partial charge in [0, 0.05) is 37.4 Å². The molecule has 0 unspecified atom stereocenters. The van der Waals surface area contributed by atoms with Gasteiger partial charge in [0.15, 0.2) is 0 Å². The third-order valence-corrected chi connectivity index (χ3v) is 6.21. The van der Waals surface area contributed by atoms with Crippen molar-refractivity contribution in [3.05, 3.63) is 89.2 Å². The number of urea groups is 1. The topological polar surface area (TPSA) is 83.6 Å². The monoisotopic (exact) mass is 492 g/mol. The molecule has 0 radical (unpaired) electrons. The van der Waals surface area contributed by atoms with Gasteiger partial charge in [0.05, 0.1) is 10.7 Å². The molecule has 0 spiro atoms. The lowest BCUT2D eigenvalue weighted by molar-refractivity contribution is -0.122. The summed E-state index contributed by atoms with van der Waals surface area (Å²) < 4.78 is 5.73. The number of amides is 3. The number of ether oxygens (including phenoxy) is 1. The number of pyridine rings is 1. The van der Waals surface area contributed by atoms with Crippen molar-refractivity contribution in [3.63, 3.8) is 0 Å². The molecular formula is C27H29ClN4O3. The first-order valence-electron chi connectivity index (χ1n) is 11.8. The highest BCUT2D eigenvalue weighted by Crippen LogP contribution is 2.28. The zero-order valence-corrected chi connectivity index (χ0v) is 20.2. The summed E-state index contributed by atoms with van der Waals surface area (Å²) in [6.45, 7) is 1.47. The van der Waals surface area contributed by atoms with E-state index in [0.717, 1.165) is 30.5 Å². The molecule has 35 heavy (non-hydrogen) atoms. The number of piperidine rings is 1. The highest BCUT2D eigenvalue weighted by molar-refractivity contribution is 6.32. The second-order valence-corrected chi connectivity index (χ2v) is 8.91. The molecule has 0 atom stereocenters. The van der Waals surface area contributed by atoms with E-state index in [4.69, 9.17) is 16.3 Å². The first kappa shape index (κ1) is 24.5. The Bertz CT molecular complexity index is 1120. The zero-order chi connectivity index (χ0) is 24.5. The third kappa shape index (κ3) is 7.45. The molecule has 3 amide bonds. The number of rotatable bonds is 8. The Hall–Kier alpha value is -3.58. The lowest BCUT2D eigenvalue weighted by Crippen LogP contribution is -2.47. The molecule has 1 saturated heterocycles. The number of likely N-dealkylation sites (tertiary alicyclic amines) is 1. The van der Waals surface area contributed by atoms with Gasteiger partial charge in [0.25, 0.3) is 0 Å². The summed E-state index contributed by atoms with van der Waals surface area (Å²) in [5.74, 6) is 0.580. The molecule has 2 heterocycles. The number of halogens is 1. The fourth-order valence-corrected chi connectivity index (χ4v) is 4.20. The second kappa shape index (κ2) is 12.2. The number of hydrogen-bond donors (Lipinski definition) is 2. The molecular weight excluding hydrogens is 464 g/mol. The average Bonchev–Trinajstić information content (AvgIpc) is 2.88. The maximum absolute atomic E-state index is 12.7. The summed E-state index contributed by atoms with van der Waals surface area (Å²) in [5.41, 5.74) is 2.56. The van der Waals surface area contributed by atoms with E-state index in [2.05, 4.69) is 15.6 Å². The Morgan fingerprint density at radius 2 is 1.80 bits per heavy atom. The molecule has 3 aromatic rings. The zero-order valence-electron chi connectivity index (χ0n) is 19.5. The molecule has 2 aromatic carbocycles. The quantitative estimate of drug-likeness (QED) is 0.460. The number of benzene rings is 2. The number of hydrogen-bond acceptors (Lipinski definition) is 4. The average molecular weight is 493 g/mol. The van der Waals surface area contributed by atoms with Crippen molar-refractivity contribution in [2.45, 2.75) is 38.3 Å². The minimum Gasteiger partial charge on any atom is -0.486 e. The molecule has 0 bridgehead atoms. The molecule has 2 N–H and O–H groups in total. The first-order valence-corrected chi connectivity index (χ1v) is 12.2. The van der Waals surface area contributed by atoms with Crippen molar-refractivity contribution in [2.75, 3.05) is 18.4 Å². The summed E-state index contributed by atoms with van der Waals surface area (Å²) >= 11 is 6.35. The van der Waals surface area contributed by atoms with Crippen LogP contribution in [0.15, 0.2) is 72.9 Å². The van der Waals surface area contributed by atoms with E-state index >= 15 is 0 Å². The second-order valence-electron chi connectivity index (χ2n) is 8.50. The fourth-order valence-electron chi connectivity index (χ4n) is 3.96. The molecule has 1 aliphatic heterocycles. The first-order chi connectivity index (χ1) is 17.1. The van der Waals surface area contributed by atoms with Gasteiger partial charge in [0.1, 0.15) is 12.4 Å². The number of carbonyl (C=O) groups is 2. The molecule has 1 aromatic heterocycles. The number of nitrogens with zero attached hydrogens (tertiary/aromatic N) is 2. The van der Waals surface area contributed by atoms with Crippen molar-refractivity contribution in [3.8, 4) is 5.75 Å². The molecule has 8 heteroatoms. The van der Waals surface area contributed by atoms with Crippen LogP contribution in [0.2, 0.25) is 5.02 Å². The van der Waals surface area contributed by atoms with Gasteiger partial charge >= 0.3 is 6.03 Å². The summed E-state index contributed by atoms with van der Waals surface area (Å²) in [6, 6.07) is 20.7. The Kier molecular flexibility index (Phi) is 8.57. The van der Waals surface area contributed by atoms with E-state index < -0.39 is 0 Å². The van der Waals surface area contributed by atoms with Gasteiger partial charge in [-0.1, -0.05) is 48.0 Å². The molecule has 1 fully saturated rings. The van der Waals surface area contributed by atoms with Crippen molar-refractivity contribution in [2.24, 2.45) is 0 Å². The lowest BCUT2D eigenvalue weighted by Gasteiger charge is -2.32. The normalized spacial score (nSPS) is 13.8. The highest BCUT2D eigenvalue weighted by Gasteiger charge is 2.24. The van der Waals surface area contributed by atoms with Crippen molar-refractivity contribution < 1.29 is 14.3 Å². The van der Waals surface area contributed by atoms with Gasteiger partial charge in [-0.25, -0.2) is 4.79 Å². The van der Waals surface area contributed by atoms with Crippen LogP contribution < -0.4 is 15.4 Å². The van der Waals surface area contributed by atoms with Crippen LogP contribution in [0.5, 0.6) is 5.75 Å². The van der Waals surface area contributed by atoms with Crippen LogP contribution in [-0.4, -0.2) is 41.0 Å². The van der Waals surface area contributed by atoms with E-state index in [0.29, 0.717) is 42.6 Å². The van der Waals surface area contributed by atoms with Crippen molar-refractivity contribution in [1.29, 1.82) is 0 Å². The van der Waals surface area contributed by atoms with Gasteiger partial charge in [-0.3, -0.25) is 9.78 Å². The largest absolute Gasteiger partial charge is 0.486 e. The van der Waals surface area contributed by atoms with E-state index in [-0.39, 0.29) is 18.0 Å². The van der Waals surface area contributed by atoms with Gasteiger partial charge in [0.2, 0.25) is 5.91 Å². The number of aryl methyl sites for hydroxylation is 1. The Balaban J connectivity index is 1.19.